The largest absolute Gasteiger partial charge is 0.454 e. The molecule has 0 saturated carbocycles. The number of hydrogen-bond acceptors (Lipinski definition) is 8. The normalized spacial score (nSPS) is 12.4. The number of para-hydroxylation sites is 1. The smallest absolute Gasteiger partial charge is 0.266 e. The molecule has 1 aliphatic rings. The topological polar surface area (TPSA) is 92.3 Å². The predicted octanol–water partition coefficient (Wildman–Crippen LogP) is 4.90. The lowest BCUT2D eigenvalue weighted by molar-refractivity contribution is 0.174. The van der Waals surface area contributed by atoms with Crippen molar-refractivity contribution < 1.29 is 18.4 Å². The summed E-state index contributed by atoms with van der Waals surface area (Å²) in [6.07, 6.45) is 0. The van der Waals surface area contributed by atoms with E-state index in [-0.39, 0.29) is 23.9 Å². The summed E-state index contributed by atoms with van der Waals surface area (Å²) >= 11 is 1.30. The van der Waals surface area contributed by atoms with Crippen LogP contribution in [0.2, 0.25) is 0 Å². The number of aryl methyl sites for hydroxylation is 1. The maximum Gasteiger partial charge on any atom is 0.266 e. The number of ether oxygens (including phenoxy) is 2. The summed E-state index contributed by atoms with van der Waals surface area (Å²) in [7, 11) is 0. The number of rotatable bonds is 5. The van der Waals surface area contributed by atoms with Crippen LogP contribution in [0.4, 0.5) is 4.39 Å². The van der Waals surface area contributed by atoms with E-state index in [1.165, 1.54) is 23.9 Å². The molecule has 0 spiro atoms. The van der Waals surface area contributed by atoms with E-state index in [4.69, 9.17) is 19.0 Å². The molecule has 3 aromatic carbocycles. The number of nitrogens with zero attached hydrogens (tertiary/aromatic N) is 4. The van der Waals surface area contributed by atoms with E-state index in [1.807, 2.05) is 31.2 Å². The van der Waals surface area contributed by atoms with Crippen LogP contribution in [-0.4, -0.2) is 26.5 Å². The monoisotopic (exact) mass is 488 g/mol. The van der Waals surface area contributed by atoms with Crippen molar-refractivity contribution in [2.45, 2.75) is 17.8 Å². The molecule has 0 fully saturated rings. The van der Waals surface area contributed by atoms with E-state index in [0.717, 1.165) is 11.3 Å². The summed E-state index contributed by atoms with van der Waals surface area (Å²) in [6.45, 7) is 2.04. The molecule has 2 aromatic heterocycles. The molecule has 8 nitrogen and oxygen atoms in total. The van der Waals surface area contributed by atoms with Crippen molar-refractivity contribution >= 4 is 22.7 Å². The van der Waals surface area contributed by atoms with Gasteiger partial charge in [-0.25, -0.2) is 9.37 Å². The Morgan fingerprint density at radius 1 is 1.03 bits per heavy atom. The van der Waals surface area contributed by atoms with Gasteiger partial charge in [-0.3, -0.25) is 9.36 Å². The Labute approximate surface area is 202 Å². The lowest BCUT2D eigenvalue weighted by Crippen LogP contribution is -2.22. The first kappa shape index (κ1) is 21.4. The maximum atomic E-state index is 13.7. The summed E-state index contributed by atoms with van der Waals surface area (Å²) in [5.74, 6) is 1.72. The van der Waals surface area contributed by atoms with Crippen LogP contribution in [0.5, 0.6) is 11.5 Å². The van der Waals surface area contributed by atoms with E-state index < -0.39 is 0 Å². The van der Waals surface area contributed by atoms with Gasteiger partial charge in [0.25, 0.3) is 5.56 Å². The fourth-order valence-corrected chi connectivity index (χ4v) is 4.68. The first-order valence-corrected chi connectivity index (χ1v) is 11.7. The fraction of sp³-hybridized carbons (Fsp3) is 0.120. The summed E-state index contributed by atoms with van der Waals surface area (Å²) in [5.41, 5.74) is 2.58. The molecule has 10 heteroatoms. The third-order valence-corrected chi connectivity index (χ3v) is 6.51. The van der Waals surface area contributed by atoms with Crippen LogP contribution >= 0.6 is 11.8 Å². The summed E-state index contributed by atoms with van der Waals surface area (Å²) < 4.78 is 31.1. The van der Waals surface area contributed by atoms with Crippen LogP contribution in [0, 0.1) is 12.7 Å². The van der Waals surface area contributed by atoms with Crippen LogP contribution in [0.3, 0.4) is 0 Å². The van der Waals surface area contributed by atoms with E-state index in [9.17, 15) is 9.18 Å². The van der Waals surface area contributed by atoms with Crippen LogP contribution < -0.4 is 15.0 Å². The molecule has 6 rings (SSSR count). The maximum absolute atomic E-state index is 13.7. The van der Waals surface area contributed by atoms with E-state index in [1.54, 1.807) is 28.8 Å². The Hall–Kier alpha value is -4.18. The van der Waals surface area contributed by atoms with Crippen molar-refractivity contribution in [3.05, 3.63) is 88.3 Å². The molecule has 0 aliphatic carbocycles. The second kappa shape index (κ2) is 8.55. The number of aromatic nitrogens is 4. The quantitative estimate of drug-likeness (QED) is 0.255. The Morgan fingerprint density at radius 3 is 2.60 bits per heavy atom. The third-order valence-electron chi connectivity index (χ3n) is 5.58. The minimum Gasteiger partial charge on any atom is -0.454 e. The number of hydrogen-bond donors (Lipinski definition) is 0. The van der Waals surface area contributed by atoms with Gasteiger partial charge in [0.05, 0.1) is 22.3 Å². The lowest BCUT2D eigenvalue weighted by atomic mass is 10.2. The van der Waals surface area contributed by atoms with Gasteiger partial charge in [0.1, 0.15) is 5.82 Å². The van der Waals surface area contributed by atoms with Gasteiger partial charge in [-0.15, -0.1) is 0 Å². The SMILES string of the molecule is Cc1ccccc1-n1c(SCc2nc(-c3ccc(F)cc3)no2)nc2cc3c(cc2c1=O)OCO3. The predicted molar refractivity (Wildman–Crippen MR) is 127 cm³/mol. The lowest BCUT2D eigenvalue weighted by Gasteiger charge is -2.15. The standard InChI is InChI=1S/C25H17FN4O4S/c1-14-4-2-3-5-19(14)30-24(31)17-10-20-21(33-13-32-20)11-18(17)27-25(30)35-12-22-28-23(29-34-22)15-6-8-16(26)9-7-15/h2-11H,12-13H2,1H3. The van der Waals surface area contributed by atoms with Gasteiger partial charge in [0.2, 0.25) is 18.5 Å². The molecule has 0 radical (unpaired) electrons. The zero-order chi connectivity index (χ0) is 23.9. The zero-order valence-electron chi connectivity index (χ0n) is 18.4. The minimum absolute atomic E-state index is 0.104. The van der Waals surface area contributed by atoms with Gasteiger partial charge in [0.15, 0.2) is 16.7 Å². The Balaban J connectivity index is 1.40. The fourth-order valence-electron chi connectivity index (χ4n) is 3.83. The molecule has 5 aromatic rings. The summed E-state index contributed by atoms with van der Waals surface area (Å²) in [4.78, 5) is 22.8. The molecule has 0 amide bonds. The van der Waals surface area contributed by atoms with Gasteiger partial charge in [-0.2, -0.15) is 4.98 Å². The molecule has 0 unspecified atom stereocenters. The van der Waals surface area contributed by atoms with Gasteiger partial charge < -0.3 is 14.0 Å². The van der Waals surface area contributed by atoms with Crippen LogP contribution in [0.1, 0.15) is 11.5 Å². The third kappa shape index (κ3) is 3.91. The van der Waals surface area contributed by atoms with Crippen molar-refractivity contribution in [2.75, 3.05) is 6.79 Å². The Kier molecular flexibility index (Phi) is 5.22. The first-order valence-electron chi connectivity index (χ1n) is 10.7. The van der Waals surface area contributed by atoms with Crippen molar-refractivity contribution in [3.63, 3.8) is 0 Å². The molecule has 1 aliphatic heterocycles. The molecule has 3 heterocycles. The number of benzene rings is 3. The highest BCUT2D eigenvalue weighted by Crippen LogP contribution is 2.36. The molecule has 0 N–H and O–H groups in total. The summed E-state index contributed by atoms with van der Waals surface area (Å²) in [5, 5.41) is 4.89. The van der Waals surface area contributed by atoms with Gasteiger partial charge in [0, 0.05) is 11.6 Å². The highest BCUT2D eigenvalue weighted by Gasteiger charge is 2.21. The Bertz CT molecular complexity index is 1630. The average molecular weight is 489 g/mol. The van der Waals surface area contributed by atoms with Crippen molar-refractivity contribution in [1.29, 1.82) is 0 Å². The highest BCUT2D eigenvalue weighted by atomic mass is 32.2. The molecule has 174 valence electrons. The molecule has 0 saturated heterocycles. The summed E-state index contributed by atoms with van der Waals surface area (Å²) in [6, 6.07) is 16.8. The van der Waals surface area contributed by atoms with Crippen LogP contribution in [-0.2, 0) is 5.75 Å². The van der Waals surface area contributed by atoms with E-state index >= 15 is 0 Å². The first-order chi connectivity index (χ1) is 17.1. The number of thioether (sulfide) groups is 1. The van der Waals surface area contributed by atoms with Gasteiger partial charge in [-0.1, -0.05) is 35.1 Å². The van der Waals surface area contributed by atoms with Crippen LogP contribution in [0.25, 0.3) is 28.0 Å². The van der Waals surface area contributed by atoms with Crippen molar-refractivity contribution in [2.24, 2.45) is 0 Å². The highest BCUT2D eigenvalue weighted by molar-refractivity contribution is 7.98. The minimum atomic E-state index is -0.341. The second-order valence-corrected chi connectivity index (χ2v) is 8.79. The van der Waals surface area contributed by atoms with Gasteiger partial charge in [-0.05, 0) is 48.9 Å². The number of fused-ring (bicyclic) bond motifs is 2. The number of halogens is 1. The van der Waals surface area contributed by atoms with E-state index in [0.29, 0.717) is 44.8 Å². The average Bonchev–Trinajstić information content (AvgIpc) is 3.52. The van der Waals surface area contributed by atoms with Crippen molar-refractivity contribution in [3.8, 4) is 28.6 Å². The Morgan fingerprint density at radius 2 is 1.80 bits per heavy atom. The van der Waals surface area contributed by atoms with Gasteiger partial charge >= 0.3 is 0 Å². The molecular formula is C25H17FN4O4S. The zero-order valence-corrected chi connectivity index (χ0v) is 19.2. The molecule has 0 bridgehead atoms. The molecular weight excluding hydrogens is 471 g/mol. The van der Waals surface area contributed by atoms with Crippen LogP contribution in [0.15, 0.2) is 75.1 Å². The molecule has 0 atom stereocenters. The van der Waals surface area contributed by atoms with E-state index in [2.05, 4.69) is 10.1 Å². The van der Waals surface area contributed by atoms with Crippen molar-refractivity contribution in [1.82, 2.24) is 19.7 Å². The molecule has 35 heavy (non-hydrogen) atoms. The second-order valence-electron chi connectivity index (χ2n) is 7.85.